The number of carboxylic acid groups (broad SMARTS) is 1. The van der Waals surface area contributed by atoms with Gasteiger partial charge in [-0.2, -0.15) is 0 Å². The van der Waals surface area contributed by atoms with Gasteiger partial charge in [0.05, 0.1) is 18.6 Å². The first-order valence-corrected chi connectivity index (χ1v) is 6.34. The number of ether oxygens (including phenoxy) is 1. The lowest BCUT2D eigenvalue weighted by Crippen LogP contribution is -2.45. The molecule has 3 aliphatic rings. The van der Waals surface area contributed by atoms with E-state index in [0.29, 0.717) is 11.6 Å². The summed E-state index contributed by atoms with van der Waals surface area (Å²) in [5, 5.41) is 15.1. The molecule has 2 saturated heterocycles. The van der Waals surface area contributed by atoms with Crippen LogP contribution in [0.2, 0.25) is 0 Å². The highest BCUT2D eigenvalue weighted by Crippen LogP contribution is 2.52. The summed E-state index contributed by atoms with van der Waals surface area (Å²) in [6.07, 6.45) is 2.91. The summed E-state index contributed by atoms with van der Waals surface area (Å²) in [5.74, 6) is -2.28. The molecular formula is C13H11N2O5-. The van der Waals surface area contributed by atoms with Crippen LogP contribution in [0, 0.1) is 18.8 Å². The summed E-state index contributed by atoms with van der Waals surface area (Å²) in [5.41, 5.74) is -0.876. The molecule has 1 spiro atoms. The zero-order valence-electron chi connectivity index (χ0n) is 10.6. The van der Waals surface area contributed by atoms with E-state index in [1.807, 2.05) is 0 Å². The van der Waals surface area contributed by atoms with Crippen LogP contribution in [-0.2, 0) is 14.3 Å². The van der Waals surface area contributed by atoms with E-state index in [9.17, 15) is 14.7 Å². The molecule has 104 valence electrons. The summed E-state index contributed by atoms with van der Waals surface area (Å²) >= 11 is 0. The van der Waals surface area contributed by atoms with Gasteiger partial charge >= 0.3 is 0 Å². The molecule has 2 bridgehead atoms. The molecule has 7 nitrogen and oxygen atoms in total. The van der Waals surface area contributed by atoms with E-state index in [-0.39, 0.29) is 12.5 Å². The molecule has 2 fully saturated rings. The molecule has 1 amide bonds. The molecule has 4 rings (SSSR count). The number of hydrogen-bond acceptors (Lipinski definition) is 6. The lowest BCUT2D eigenvalue weighted by Gasteiger charge is -2.24. The lowest BCUT2D eigenvalue weighted by atomic mass is 9.77. The van der Waals surface area contributed by atoms with Gasteiger partial charge in [0, 0.05) is 18.0 Å². The number of aryl methyl sites for hydroxylation is 1. The highest BCUT2D eigenvalue weighted by atomic mass is 16.5. The molecule has 0 saturated carbocycles. The van der Waals surface area contributed by atoms with E-state index in [4.69, 9.17) is 9.26 Å². The van der Waals surface area contributed by atoms with Gasteiger partial charge in [-0.05, 0) is 6.92 Å². The van der Waals surface area contributed by atoms with Gasteiger partial charge in [-0.15, -0.1) is 0 Å². The zero-order valence-corrected chi connectivity index (χ0v) is 10.6. The first-order valence-electron chi connectivity index (χ1n) is 6.34. The van der Waals surface area contributed by atoms with E-state index in [0.717, 1.165) is 0 Å². The summed E-state index contributed by atoms with van der Waals surface area (Å²) in [4.78, 5) is 25.2. The number of amides is 1. The van der Waals surface area contributed by atoms with Gasteiger partial charge in [-0.3, -0.25) is 9.69 Å². The third-order valence-electron chi connectivity index (χ3n) is 4.26. The molecule has 20 heavy (non-hydrogen) atoms. The number of carbonyl (C=O) groups is 2. The van der Waals surface area contributed by atoms with Crippen molar-refractivity contribution in [1.82, 2.24) is 5.16 Å². The Morgan fingerprint density at radius 3 is 3.05 bits per heavy atom. The van der Waals surface area contributed by atoms with Crippen molar-refractivity contribution in [3.05, 3.63) is 24.0 Å². The summed E-state index contributed by atoms with van der Waals surface area (Å²) in [6.45, 7) is 1.97. The Hall–Kier alpha value is -2.15. The zero-order chi connectivity index (χ0) is 14.1. The van der Waals surface area contributed by atoms with Crippen molar-refractivity contribution < 1.29 is 24.0 Å². The first kappa shape index (κ1) is 11.7. The smallest absolute Gasteiger partial charge is 0.235 e. The van der Waals surface area contributed by atoms with Crippen LogP contribution < -0.4 is 10.0 Å². The monoisotopic (exact) mass is 275 g/mol. The second kappa shape index (κ2) is 3.49. The molecule has 0 N–H and O–H groups in total. The molecule has 4 heterocycles. The van der Waals surface area contributed by atoms with Crippen molar-refractivity contribution in [1.29, 1.82) is 0 Å². The number of aromatic nitrogens is 1. The van der Waals surface area contributed by atoms with Crippen molar-refractivity contribution in [2.45, 2.75) is 18.6 Å². The van der Waals surface area contributed by atoms with Crippen LogP contribution in [0.25, 0.3) is 0 Å². The summed E-state index contributed by atoms with van der Waals surface area (Å²) < 4.78 is 10.7. The number of anilines is 1. The molecular weight excluding hydrogens is 264 g/mol. The molecule has 4 atom stereocenters. The van der Waals surface area contributed by atoms with Crippen molar-refractivity contribution >= 4 is 17.7 Å². The van der Waals surface area contributed by atoms with Gasteiger partial charge in [-0.1, -0.05) is 17.3 Å². The van der Waals surface area contributed by atoms with Crippen LogP contribution in [0.5, 0.6) is 0 Å². The topological polar surface area (TPSA) is 95.7 Å². The van der Waals surface area contributed by atoms with Crippen LogP contribution in [0.15, 0.2) is 22.7 Å². The first-order chi connectivity index (χ1) is 9.52. The van der Waals surface area contributed by atoms with Crippen molar-refractivity contribution in [2.24, 2.45) is 11.8 Å². The Bertz CT molecular complexity index is 651. The Kier molecular flexibility index (Phi) is 2.03. The predicted octanol–water partition coefficient (Wildman–Crippen LogP) is -0.981. The van der Waals surface area contributed by atoms with Crippen LogP contribution >= 0.6 is 0 Å². The summed E-state index contributed by atoms with van der Waals surface area (Å²) in [6, 6.07) is 1.64. The second-order valence-corrected chi connectivity index (χ2v) is 5.44. The quantitative estimate of drug-likeness (QED) is 0.644. The van der Waals surface area contributed by atoms with Crippen LogP contribution in [-0.4, -0.2) is 35.3 Å². The standard InChI is InChI=1S/C13H12N2O5/c1-6-4-8(14-20-6)15-5-13-3-2-7(19-13)9(12(17)18)10(13)11(15)16/h2-4,7,9-10H,5H2,1H3,(H,17,18)/p-1/t7-,9+,10+,13-/m1/s1. The SMILES string of the molecule is Cc1cc(N2C[C@@]34C=C[C@@H](O3)[C@H](C(=O)[O-])[C@H]4C2=O)no1. The maximum atomic E-state index is 12.5. The average molecular weight is 275 g/mol. The number of hydrogen-bond donors (Lipinski definition) is 0. The van der Waals surface area contributed by atoms with Gasteiger partial charge in [0.1, 0.15) is 11.4 Å². The number of nitrogens with zero attached hydrogens (tertiary/aromatic N) is 2. The number of rotatable bonds is 2. The van der Waals surface area contributed by atoms with Gasteiger partial charge in [-0.25, -0.2) is 0 Å². The molecule has 0 radical (unpaired) electrons. The molecule has 1 aromatic heterocycles. The Balaban J connectivity index is 1.75. The largest absolute Gasteiger partial charge is 0.550 e. The molecule has 0 aliphatic carbocycles. The highest BCUT2D eigenvalue weighted by molar-refractivity contribution is 6.01. The maximum absolute atomic E-state index is 12.5. The van der Waals surface area contributed by atoms with E-state index < -0.39 is 29.5 Å². The third kappa shape index (κ3) is 1.25. The van der Waals surface area contributed by atoms with Crippen molar-refractivity contribution in [2.75, 3.05) is 11.4 Å². The van der Waals surface area contributed by atoms with Crippen LogP contribution in [0.4, 0.5) is 5.82 Å². The highest BCUT2D eigenvalue weighted by Gasteiger charge is 2.65. The third-order valence-corrected chi connectivity index (χ3v) is 4.26. The Morgan fingerprint density at radius 1 is 1.60 bits per heavy atom. The van der Waals surface area contributed by atoms with Gasteiger partial charge in [0.15, 0.2) is 5.82 Å². The molecule has 1 aromatic rings. The molecule has 0 unspecified atom stereocenters. The maximum Gasteiger partial charge on any atom is 0.235 e. The second-order valence-electron chi connectivity index (χ2n) is 5.44. The minimum absolute atomic E-state index is 0.249. The molecule has 0 aromatic carbocycles. The number of aliphatic carboxylic acids is 1. The number of fused-ring (bicyclic) bond motifs is 1. The molecule has 3 aliphatic heterocycles. The normalized spacial score (nSPS) is 37.8. The Morgan fingerprint density at radius 2 is 2.40 bits per heavy atom. The fourth-order valence-corrected chi connectivity index (χ4v) is 3.44. The predicted molar refractivity (Wildman–Crippen MR) is 62.3 cm³/mol. The van der Waals surface area contributed by atoms with Crippen LogP contribution in [0.3, 0.4) is 0 Å². The van der Waals surface area contributed by atoms with Gasteiger partial charge < -0.3 is 19.2 Å². The van der Waals surface area contributed by atoms with Gasteiger partial charge in [0.2, 0.25) is 5.91 Å². The van der Waals surface area contributed by atoms with E-state index >= 15 is 0 Å². The van der Waals surface area contributed by atoms with E-state index in [1.54, 1.807) is 25.1 Å². The van der Waals surface area contributed by atoms with Crippen LogP contribution in [0.1, 0.15) is 5.76 Å². The lowest BCUT2D eigenvalue weighted by molar-refractivity contribution is -0.313. The van der Waals surface area contributed by atoms with E-state index in [1.165, 1.54) is 4.90 Å². The Labute approximate surface area is 113 Å². The number of carbonyl (C=O) groups excluding carboxylic acids is 2. The minimum Gasteiger partial charge on any atom is -0.550 e. The average Bonchev–Trinajstić information content (AvgIpc) is 3.10. The number of carboxylic acids is 1. The fourth-order valence-electron chi connectivity index (χ4n) is 3.44. The fraction of sp³-hybridized carbons (Fsp3) is 0.462. The van der Waals surface area contributed by atoms with Crippen molar-refractivity contribution in [3.63, 3.8) is 0 Å². The van der Waals surface area contributed by atoms with Crippen molar-refractivity contribution in [3.8, 4) is 0 Å². The summed E-state index contributed by atoms with van der Waals surface area (Å²) in [7, 11) is 0. The van der Waals surface area contributed by atoms with E-state index in [2.05, 4.69) is 5.16 Å². The minimum atomic E-state index is -1.25. The van der Waals surface area contributed by atoms with Gasteiger partial charge in [0.25, 0.3) is 0 Å². The molecule has 7 heteroatoms.